The van der Waals surface area contributed by atoms with E-state index < -0.39 is 0 Å². The summed E-state index contributed by atoms with van der Waals surface area (Å²) in [5.74, 6) is 1.45. The maximum absolute atomic E-state index is 5.81. The lowest BCUT2D eigenvalue weighted by atomic mass is 9.89. The Morgan fingerprint density at radius 3 is 3.20 bits per heavy atom. The van der Waals surface area contributed by atoms with Crippen molar-refractivity contribution in [1.82, 2.24) is 5.32 Å². The van der Waals surface area contributed by atoms with Crippen LogP contribution >= 0.6 is 0 Å². The molecule has 2 atom stereocenters. The minimum absolute atomic E-state index is 0.367. The fraction of sp³-hybridized carbons (Fsp3) is 0.500. The van der Waals surface area contributed by atoms with Gasteiger partial charge in [-0.05, 0) is 23.3 Å². The van der Waals surface area contributed by atoms with Gasteiger partial charge in [-0.25, -0.2) is 0 Å². The zero-order valence-corrected chi connectivity index (χ0v) is 8.82. The molecule has 1 N–H and O–H groups in total. The van der Waals surface area contributed by atoms with E-state index in [1.54, 1.807) is 7.11 Å². The monoisotopic (exact) mass is 205 g/mol. The van der Waals surface area contributed by atoms with Crippen LogP contribution in [0, 0.1) is 0 Å². The number of hydrogen-bond acceptors (Lipinski definition) is 3. The van der Waals surface area contributed by atoms with Gasteiger partial charge in [0, 0.05) is 19.0 Å². The van der Waals surface area contributed by atoms with Crippen LogP contribution in [0.3, 0.4) is 0 Å². The average Bonchev–Trinajstić information content (AvgIpc) is 2.76. The molecule has 2 aliphatic heterocycles. The Labute approximate surface area is 89.4 Å². The molecule has 1 aromatic carbocycles. The largest absolute Gasteiger partial charge is 0.497 e. The highest BCUT2D eigenvalue weighted by molar-refractivity contribution is 5.40. The number of ether oxygens (including phenoxy) is 2. The van der Waals surface area contributed by atoms with Gasteiger partial charge >= 0.3 is 0 Å². The van der Waals surface area contributed by atoms with Gasteiger partial charge in [0.25, 0.3) is 0 Å². The summed E-state index contributed by atoms with van der Waals surface area (Å²) in [5, 5.41) is 3.38. The van der Waals surface area contributed by atoms with E-state index in [2.05, 4.69) is 17.4 Å². The quantitative estimate of drug-likeness (QED) is 0.749. The van der Waals surface area contributed by atoms with E-state index in [0.29, 0.717) is 12.0 Å². The molecule has 2 aliphatic rings. The van der Waals surface area contributed by atoms with E-state index >= 15 is 0 Å². The Morgan fingerprint density at radius 1 is 1.40 bits per heavy atom. The van der Waals surface area contributed by atoms with Crippen LogP contribution in [0.15, 0.2) is 18.2 Å². The number of rotatable bonds is 1. The van der Waals surface area contributed by atoms with Gasteiger partial charge in [-0.1, -0.05) is 6.07 Å². The lowest BCUT2D eigenvalue weighted by Gasteiger charge is -2.28. The normalized spacial score (nSPS) is 28.3. The smallest absolute Gasteiger partial charge is 0.119 e. The van der Waals surface area contributed by atoms with Crippen LogP contribution in [0.2, 0.25) is 0 Å². The van der Waals surface area contributed by atoms with Gasteiger partial charge < -0.3 is 14.8 Å². The molecule has 0 bridgehead atoms. The molecule has 0 amide bonds. The summed E-state index contributed by atoms with van der Waals surface area (Å²) in [4.78, 5) is 0. The lowest BCUT2D eigenvalue weighted by molar-refractivity contribution is 0.0298. The van der Waals surface area contributed by atoms with Crippen LogP contribution in [0.5, 0.6) is 5.75 Å². The van der Waals surface area contributed by atoms with Crippen molar-refractivity contribution in [2.75, 3.05) is 20.2 Å². The third kappa shape index (κ3) is 1.43. The van der Waals surface area contributed by atoms with Crippen molar-refractivity contribution in [1.29, 1.82) is 0 Å². The highest BCUT2D eigenvalue weighted by Crippen LogP contribution is 2.35. The predicted octanol–water partition coefficient (Wildman–Crippen LogP) is 1.28. The molecule has 3 heteroatoms. The molecule has 1 fully saturated rings. The molecule has 0 unspecified atom stereocenters. The second-order valence-corrected chi connectivity index (χ2v) is 4.18. The number of benzene rings is 1. The molecular weight excluding hydrogens is 190 g/mol. The summed E-state index contributed by atoms with van der Waals surface area (Å²) >= 11 is 0. The fourth-order valence-electron chi connectivity index (χ4n) is 2.53. The van der Waals surface area contributed by atoms with E-state index in [0.717, 1.165) is 25.4 Å². The van der Waals surface area contributed by atoms with Crippen molar-refractivity contribution in [2.45, 2.75) is 18.6 Å². The third-order valence-electron chi connectivity index (χ3n) is 3.36. The molecule has 2 heterocycles. The van der Waals surface area contributed by atoms with Crippen LogP contribution in [0.4, 0.5) is 0 Å². The number of fused-ring (bicyclic) bond motifs is 3. The molecule has 0 radical (unpaired) electrons. The summed E-state index contributed by atoms with van der Waals surface area (Å²) in [6, 6.07) is 6.31. The van der Waals surface area contributed by atoms with Gasteiger partial charge in [-0.15, -0.1) is 0 Å². The molecular formula is C12H15NO2. The van der Waals surface area contributed by atoms with Crippen molar-refractivity contribution in [3.63, 3.8) is 0 Å². The topological polar surface area (TPSA) is 30.5 Å². The van der Waals surface area contributed by atoms with Gasteiger partial charge in [0.05, 0.1) is 19.8 Å². The van der Waals surface area contributed by atoms with Gasteiger partial charge in [0.2, 0.25) is 0 Å². The molecule has 3 rings (SSSR count). The Bertz CT molecular complexity index is 378. The summed E-state index contributed by atoms with van der Waals surface area (Å²) in [6.45, 7) is 2.73. The van der Waals surface area contributed by atoms with Gasteiger partial charge in [0.1, 0.15) is 5.75 Å². The first kappa shape index (κ1) is 9.19. The zero-order valence-electron chi connectivity index (χ0n) is 8.82. The van der Waals surface area contributed by atoms with Crippen LogP contribution in [-0.4, -0.2) is 26.3 Å². The SMILES string of the molecule is COc1ccc2c(c1)CO[C@@H]1CNC[C@H]21. The third-order valence-corrected chi connectivity index (χ3v) is 3.36. The first-order valence-electron chi connectivity index (χ1n) is 5.37. The number of methoxy groups -OCH3 is 1. The Balaban J connectivity index is 2.00. The molecule has 1 aromatic rings. The highest BCUT2D eigenvalue weighted by atomic mass is 16.5. The molecule has 0 aliphatic carbocycles. The van der Waals surface area contributed by atoms with Crippen molar-refractivity contribution in [3.8, 4) is 5.75 Å². The second kappa shape index (κ2) is 3.51. The van der Waals surface area contributed by atoms with Crippen LogP contribution in [0.25, 0.3) is 0 Å². The lowest BCUT2D eigenvalue weighted by Crippen LogP contribution is -2.26. The van der Waals surface area contributed by atoms with Crippen molar-refractivity contribution >= 4 is 0 Å². The molecule has 0 aromatic heterocycles. The maximum atomic E-state index is 5.81. The van der Waals surface area contributed by atoms with Gasteiger partial charge in [-0.3, -0.25) is 0 Å². The second-order valence-electron chi connectivity index (χ2n) is 4.18. The number of hydrogen-bond donors (Lipinski definition) is 1. The minimum Gasteiger partial charge on any atom is -0.497 e. The predicted molar refractivity (Wildman–Crippen MR) is 57.2 cm³/mol. The Kier molecular flexibility index (Phi) is 2.15. The number of nitrogens with one attached hydrogen (secondary N) is 1. The van der Waals surface area contributed by atoms with Gasteiger partial charge in [0.15, 0.2) is 0 Å². The summed E-state index contributed by atoms with van der Waals surface area (Å²) in [7, 11) is 1.70. The van der Waals surface area contributed by atoms with E-state index in [4.69, 9.17) is 9.47 Å². The maximum Gasteiger partial charge on any atom is 0.119 e. The van der Waals surface area contributed by atoms with Crippen LogP contribution in [-0.2, 0) is 11.3 Å². The van der Waals surface area contributed by atoms with E-state index in [-0.39, 0.29) is 0 Å². The molecule has 80 valence electrons. The molecule has 3 nitrogen and oxygen atoms in total. The van der Waals surface area contributed by atoms with E-state index in [9.17, 15) is 0 Å². The first-order chi connectivity index (χ1) is 7.38. The van der Waals surface area contributed by atoms with Crippen molar-refractivity contribution < 1.29 is 9.47 Å². The Hall–Kier alpha value is -1.06. The fourth-order valence-corrected chi connectivity index (χ4v) is 2.53. The summed E-state index contributed by atoms with van der Waals surface area (Å²) < 4.78 is 11.0. The van der Waals surface area contributed by atoms with E-state index in [1.807, 2.05) is 6.07 Å². The highest BCUT2D eigenvalue weighted by Gasteiger charge is 2.34. The Morgan fingerprint density at radius 2 is 2.33 bits per heavy atom. The van der Waals surface area contributed by atoms with E-state index in [1.165, 1.54) is 11.1 Å². The zero-order chi connectivity index (χ0) is 10.3. The average molecular weight is 205 g/mol. The van der Waals surface area contributed by atoms with Gasteiger partial charge in [-0.2, -0.15) is 0 Å². The van der Waals surface area contributed by atoms with Crippen LogP contribution < -0.4 is 10.1 Å². The molecule has 15 heavy (non-hydrogen) atoms. The summed E-state index contributed by atoms with van der Waals surface area (Å²) in [6.07, 6.45) is 0.367. The molecule has 1 saturated heterocycles. The van der Waals surface area contributed by atoms with Crippen LogP contribution in [0.1, 0.15) is 17.0 Å². The summed E-state index contributed by atoms with van der Waals surface area (Å²) in [5.41, 5.74) is 2.70. The minimum atomic E-state index is 0.367. The van der Waals surface area contributed by atoms with Crippen molar-refractivity contribution in [2.24, 2.45) is 0 Å². The molecule has 0 spiro atoms. The van der Waals surface area contributed by atoms with Crippen molar-refractivity contribution in [3.05, 3.63) is 29.3 Å². The standard InChI is InChI=1S/C12H15NO2/c1-14-9-2-3-10-8(4-9)7-15-12-6-13-5-11(10)12/h2-4,11-13H,5-7H2,1H3/t11-,12-/m1/s1. The first-order valence-corrected chi connectivity index (χ1v) is 5.37. The molecule has 0 saturated carbocycles.